The summed E-state index contributed by atoms with van der Waals surface area (Å²) >= 11 is 0. The van der Waals surface area contributed by atoms with E-state index in [2.05, 4.69) is 21.8 Å². The van der Waals surface area contributed by atoms with Crippen LogP contribution in [0.3, 0.4) is 0 Å². The SMILES string of the molecule is CCc1nc(N2C[C@H]3CN(CCOC)C[C@@]3(C(=O)O)C2)ncc1C. The van der Waals surface area contributed by atoms with E-state index in [1.165, 1.54) is 0 Å². The molecular weight excluding hydrogens is 308 g/mol. The molecule has 0 radical (unpaired) electrons. The maximum atomic E-state index is 12.1. The van der Waals surface area contributed by atoms with Gasteiger partial charge in [0, 0.05) is 57.6 Å². The van der Waals surface area contributed by atoms with Crippen molar-refractivity contribution in [2.75, 3.05) is 51.3 Å². The number of ether oxygens (including phenoxy) is 1. The summed E-state index contributed by atoms with van der Waals surface area (Å²) < 4.78 is 5.13. The maximum Gasteiger partial charge on any atom is 0.313 e. The van der Waals surface area contributed by atoms with Crippen LogP contribution >= 0.6 is 0 Å². The van der Waals surface area contributed by atoms with Crippen LogP contribution in [0.5, 0.6) is 0 Å². The number of fused-ring (bicyclic) bond motifs is 1. The third-order valence-electron chi connectivity index (χ3n) is 5.40. The molecule has 0 aliphatic carbocycles. The van der Waals surface area contributed by atoms with Crippen LogP contribution in [0.1, 0.15) is 18.2 Å². The van der Waals surface area contributed by atoms with Gasteiger partial charge in [0.1, 0.15) is 5.41 Å². The third kappa shape index (κ3) is 2.86. The van der Waals surface area contributed by atoms with Crippen molar-refractivity contribution in [3.8, 4) is 0 Å². The third-order valence-corrected chi connectivity index (χ3v) is 5.40. The zero-order chi connectivity index (χ0) is 17.3. The van der Waals surface area contributed by atoms with Crippen molar-refractivity contribution in [3.63, 3.8) is 0 Å². The number of rotatable bonds is 6. The summed E-state index contributed by atoms with van der Waals surface area (Å²) in [5, 5.41) is 9.90. The predicted molar refractivity (Wildman–Crippen MR) is 90.2 cm³/mol. The van der Waals surface area contributed by atoms with Gasteiger partial charge in [-0.05, 0) is 18.9 Å². The van der Waals surface area contributed by atoms with Crippen LogP contribution in [0.2, 0.25) is 0 Å². The van der Waals surface area contributed by atoms with Gasteiger partial charge in [-0.25, -0.2) is 9.97 Å². The maximum absolute atomic E-state index is 12.1. The lowest BCUT2D eigenvalue weighted by molar-refractivity contribution is -0.148. The van der Waals surface area contributed by atoms with E-state index < -0.39 is 11.4 Å². The number of nitrogens with zero attached hydrogens (tertiary/aromatic N) is 4. The standard InChI is InChI=1S/C17H26N4O3/c1-4-14-12(2)7-18-16(19-14)21-9-13-8-20(5-6-24-3)10-17(13,11-21)15(22)23/h7,13H,4-6,8-11H2,1-3H3,(H,22,23)/t13-,17-/m1/s1. The van der Waals surface area contributed by atoms with Gasteiger partial charge in [-0.2, -0.15) is 0 Å². The molecule has 7 nitrogen and oxygen atoms in total. The van der Waals surface area contributed by atoms with Gasteiger partial charge in [-0.3, -0.25) is 9.69 Å². The minimum atomic E-state index is -0.728. The van der Waals surface area contributed by atoms with Crippen molar-refractivity contribution in [1.82, 2.24) is 14.9 Å². The molecule has 3 heterocycles. The van der Waals surface area contributed by atoms with Gasteiger partial charge in [-0.1, -0.05) is 6.92 Å². The molecule has 2 aliphatic rings. The molecule has 0 aromatic carbocycles. The van der Waals surface area contributed by atoms with Crippen molar-refractivity contribution in [3.05, 3.63) is 17.5 Å². The Morgan fingerprint density at radius 2 is 2.25 bits per heavy atom. The summed E-state index contributed by atoms with van der Waals surface area (Å²) in [5.41, 5.74) is 1.39. The van der Waals surface area contributed by atoms with E-state index in [9.17, 15) is 9.90 Å². The topological polar surface area (TPSA) is 78.8 Å². The Hall–Kier alpha value is -1.73. The van der Waals surface area contributed by atoms with Crippen molar-refractivity contribution in [1.29, 1.82) is 0 Å². The number of carboxylic acids is 1. The molecule has 1 aromatic heterocycles. The molecule has 7 heteroatoms. The fraction of sp³-hybridized carbons (Fsp3) is 0.706. The van der Waals surface area contributed by atoms with Gasteiger partial charge in [0.05, 0.1) is 6.61 Å². The number of hydrogen-bond acceptors (Lipinski definition) is 6. The quantitative estimate of drug-likeness (QED) is 0.825. The molecule has 24 heavy (non-hydrogen) atoms. The monoisotopic (exact) mass is 334 g/mol. The predicted octanol–water partition coefficient (Wildman–Crippen LogP) is 0.817. The largest absolute Gasteiger partial charge is 0.481 e. The highest BCUT2D eigenvalue weighted by Crippen LogP contribution is 2.43. The Labute approximate surface area is 142 Å². The zero-order valence-corrected chi connectivity index (χ0v) is 14.7. The number of hydrogen-bond donors (Lipinski definition) is 1. The molecule has 2 saturated heterocycles. The van der Waals surface area contributed by atoms with Crippen molar-refractivity contribution in [2.45, 2.75) is 20.3 Å². The fourth-order valence-corrected chi connectivity index (χ4v) is 3.99. The summed E-state index contributed by atoms with van der Waals surface area (Å²) in [6.07, 6.45) is 2.70. The molecule has 0 bridgehead atoms. The molecule has 2 atom stereocenters. The average Bonchev–Trinajstić information content (AvgIpc) is 3.08. The molecule has 0 amide bonds. The highest BCUT2D eigenvalue weighted by atomic mass is 16.5. The lowest BCUT2D eigenvalue weighted by Crippen LogP contribution is -2.41. The highest BCUT2D eigenvalue weighted by molar-refractivity contribution is 5.78. The van der Waals surface area contributed by atoms with Gasteiger partial charge >= 0.3 is 5.97 Å². The van der Waals surface area contributed by atoms with Crippen LogP contribution in [0, 0.1) is 18.3 Å². The summed E-state index contributed by atoms with van der Waals surface area (Å²) in [6.45, 7) is 8.02. The minimum absolute atomic E-state index is 0.0989. The average molecular weight is 334 g/mol. The fourth-order valence-electron chi connectivity index (χ4n) is 3.99. The molecule has 2 aliphatic heterocycles. The molecule has 0 saturated carbocycles. The molecule has 3 rings (SSSR count). The summed E-state index contributed by atoms with van der Waals surface area (Å²) in [5.74, 6) is 0.0514. The Balaban J connectivity index is 1.79. The molecule has 1 N–H and O–H groups in total. The van der Waals surface area contributed by atoms with Gasteiger partial charge in [0.25, 0.3) is 0 Å². The van der Waals surface area contributed by atoms with Gasteiger partial charge < -0.3 is 14.7 Å². The van der Waals surface area contributed by atoms with E-state index >= 15 is 0 Å². The van der Waals surface area contributed by atoms with Gasteiger partial charge in [0.2, 0.25) is 5.95 Å². The Bertz CT molecular complexity index is 624. The van der Waals surface area contributed by atoms with Crippen LogP contribution in [0.15, 0.2) is 6.20 Å². The number of aromatic nitrogens is 2. The molecule has 0 spiro atoms. The van der Waals surface area contributed by atoms with Crippen molar-refractivity contribution in [2.24, 2.45) is 11.3 Å². The molecule has 132 valence electrons. The molecule has 1 aromatic rings. The van der Waals surface area contributed by atoms with Gasteiger partial charge in [0.15, 0.2) is 0 Å². The van der Waals surface area contributed by atoms with E-state index in [0.29, 0.717) is 32.2 Å². The second-order valence-corrected chi connectivity index (χ2v) is 6.92. The van der Waals surface area contributed by atoms with E-state index in [-0.39, 0.29) is 5.92 Å². The summed E-state index contributed by atoms with van der Waals surface area (Å²) in [7, 11) is 1.67. The Kier molecular flexibility index (Phi) is 4.73. The zero-order valence-electron chi connectivity index (χ0n) is 14.7. The van der Waals surface area contributed by atoms with E-state index in [1.807, 2.05) is 18.0 Å². The lowest BCUT2D eigenvalue weighted by Gasteiger charge is -2.25. The normalized spacial score (nSPS) is 26.8. The second-order valence-electron chi connectivity index (χ2n) is 6.92. The first kappa shape index (κ1) is 17.1. The Morgan fingerprint density at radius 1 is 1.46 bits per heavy atom. The number of likely N-dealkylation sites (tertiary alicyclic amines) is 1. The van der Waals surface area contributed by atoms with Crippen LogP contribution in [-0.4, -0.2) is 72.4 Å². The number of aryl methyl sites for hydroxylation is 2. The van der Waals surface area contributed by atoms with E-state index in [0.717, 1.165) is 30.8 Å². The van der Waals surface area contributed by atoms with Crippen molar-refractivity contribution < 1.29 is 14.6 Å². The molecule has 2 fully saturated rings. The smallest absolute Gasteiger partial charge is 0.313 e. The van der Waals surface area contributed by atoms with Crippen LogP contribution in [-0.2, 0) is 16.0 Å². The number of anilines is 1. The number of carbonyl (C=O) groups is 1. The number of carboxylic acid groups (broad SMARTS) is 1. The van der Waals surface area contributed by atoms with Crippen LogP contribution in [0.25, 0.3) is 0 Å². The summed E-state index contributed by atoms with van der Waals surface area (Å²) in [4.78, 5) is 25.4. The summed E-state index contributed by atoms with van der Waals surface area (Å²) in [6, 6.07) is 0. The molecular formula is C17H26N4O3. The first-order chi connectivity index (χ1) is 11.5. The van der Waals surface area contributed by atoms with Crippen molar-refractivity contribution >= 4 is 11.9 Å². The highest BCUT2D eigenvalue weighted by Gasteiger charge is 2.57. The molecule has 0 unspecified atom stereocenters. The first-order valence-corrected chi connectivity index (χ1v) is 8.52. The lowest BCUT2D eigenvalue weighted by atomic mass is 9.81. The van der Waals surface area contributed by atoms with E-state index in [1.54, 1.807) is 7.11 Å². The van der Waals surface area contributed by atoms with E-state index in [4.69, 9.17) is 4.74 Å². The second kappa shape index (κ2) is 6.64. The Morgan fingerprint density at radius 3 is 2.88 bits per heavy atom. The van der Waals surface area contributed by atoms with Crippen LogP contribution < -0.4 is 4.90 Å². The first-order valence-electron chi connectivity index (χ1n) is 8.52. The minimum Gasteiger partial charge on any atom is -0.481 e. The number of methoxy groups -OCH3 is 1. The number of aliphatic carboxylic acids is 1. The van der Waals surface area contributed by atoms with Gasteiger partial charge in [-0.15, -0.1) is 0 Å². The van der Waals surface area contributed by atoms with Crippen LogP contribution in [0.4, 0.5) is 5.95 Å².